The van der Waals surface area contributed by atoms with Crippen molar-refractivity contribution in [2.75, 3.05) is 42.9 Å². The van der Waals surface area contributed by atoms with Gasteiger partial charge in [0.1, 0.15) is 5.52 Å². The smallest absolute Gasteiger partial charge is 0.416 e. The highest BCUT2D eigenvalue weighted by molar-refractivity contribution is 5.91. The summed E-state index contributed by atoms with van der Waals surface area (Å²) in [4.78, 5) is 21.5. The Balaban J connectivity index is 1.10. The number of piperazine rings is 1. The van der Waals surface area contributed by atoms with E-state index in [1.807, 2.05) is 31.2 Å². The molecule has 1 fully saturated rings. The number of carbonyl (C=O) groups is 1. The van der Waals surface area contributed by atoms with Crippen molar-refractivity contribution in [3.8, 4) is 11.5 Å². The fourth-order valence-electron chi connectivity index (χ4n) is 4.95. The van der Waals surface area contributed by atoms with Gasteiger partial charge < -0.3 is 14.6 Å². The lowest BCUT2D eigenvalue weighted by atomic mass is 10.0. The lowest BCUT2D eigenvalue weighted by Gasteiger charge is -2.36. The fraction of sp³-hybridized carbons (Fsp3) is 0.355. The van der Waals surface area contributed by atoms with Gasteiger partial charge in [0.2, 0.25) is 11.8 Å². The van der Waals surface area contributed by atoms with Gasteiger partial charge >= 0.3 is 6.18 Å². The first-order chi connectivity index (χ1) is 19.1. The van der Waals surface area contributed by atoms with E-state index in [0.717, 1.165) is 53.1 Å². The van der Waals surface area contributed by atoms with Crippen LogP contribution in [0.3, 0.4) is 0 Å². The maximum absolute atomic E-state index is 12.8. The Hall–Kier alpha value is -3.85. The predicted molar refractivity (Wildman–Crippen MR) is 152 cm³/mol. The number of aromatic nitrogens is 1. The first-order valence-electron chi connectivity index (χ1n) is 13.5. The number of anilines is 2. The second-order valence-electron chi connectivity index (χ2n) is 10.6. The van der Waals surface area contributed by atoms with Crippen LogP contribution in [-0.4, -0.2) is 48.5 Å². The topological polar surface area (TPSA) is 61.6 Å². The predicted octanol–water partition coefficient (Wildman–Crippen LogP) is 7.10. The number of benzene rings is 3. The Kier molecular flexibility index (Phi) is 7.85. The quantitative estimate of drug-likeness (QED) is 0.266. The molecule has 0 atom stereocenters. The number of hydrogen-bond acceptors (Lipinski definition) is 5. The zero-order valence-electron chi connectivity index (χ0n) is 22.9. The Morgan fingerprint density at radius 2 is 1.68 bits per heavy atom. The number of carbonyl (C=O) groups excluding carboxylic acids is 1. The minimum atomic E-state index is -4.33. The molecule has 6 nitrogen and oxygen atoms in total. The number of hydrogen-bond donors (Lipinski definition) is 1. The molecule has 0 spiro atoms. The number of nitrogens with zero attached hydrogens (tertiary/aromatic N) is 3. The monoisotopic (exact) mass is 550 g/mol. The van der Waals surface area contributed by atoms with E-state index in [0.29, 0.717) is 43.6 Å². The number of halogens is 3. The number of aryl methyl sites for hydroxylation is 1. The first-order valence-corrected chi connectivity index (χ1v) is 13.5. The van der Waals surface area contributed by atoms with Crippen molar-refractivity contribution >= 4 is 28.4 Å². The number of nitrogens with one attached hydrogen (secondary N) is 1. The Morgan fingerprint density at radius 3 is 2.30 bits per heavy atom. The van der Waals surface area contributed by atoms with E-state index in [1.54, 1.807) is 0 Å². The van der Waals surface area contributed by atoms with Crippen molar-refractivity contribution in [2.45, 2.75) is 39.3 Å². The summed E-state index contributed by atoms with van der Waals surface area (Å²) in [7, 11) is 0. The van der Waals surface area contributed by atoms with Gasteiger partial charge in [0, 0.05) is 56.1 Å². The van der Waals surface area contributed by atoms with Crippen LogP contribution in [0.15, 0.2) is 65.1 Å². The molecule has 5 rings (SSSR count). The van der Waals surface area contributed by atoms with Crippen LogP contribution in [0.5, 0.6) is 0 Å². The maximum atomic E-state index is 12.8. The van der Waals surface area contributed by atoms with Crippen LogP contribution in [0.25, 0.3) is 22.6 Å². The van der Waals surface area contributed by atoms with Gasteiger partial charge in [-0.3, -0.25) is 9.69 Å². The standard InChI is InChI=1S/C31H33F3N4O2/c1-20(2)23-18-21(3)29-27(19-23)36-30(40-29)22-4-8-25(9-5-22)35-28(39)12-13-37-14-16-38(17-15-37)26-10-6-24(7-11-26)31(32,33)34/h4-11,18-20H,12-17H2,1-3H3,(H,35,39). The van der Waals surface area contributed by atoms with Crippen LogP contribution in [-0.2, 0) is 11.0 Å². The van der Waals surface area contributed by atoms with Gasteiger partial charge in [-0.05, 0) is 78.6 Å². The molecule has 1 aromatic heterocycles. The minimum absolute atomic E-state index is 0.0726. The van der Waals surface area contributed by atoms with Crippen molar-refractivity contribution in [3.63, 3.8) is 0 Å². The van der Waals surface area contributed by atoms with Gasteiger partial charge in [0.25, 0.3) is 0 Å². The number of amides is 1. The molecule has 2 heterocycles. The normalized spacial score (nSPS) is 14.7. The lowest BCUT2D eigenvalue weighted by Crippen LogP contribution is -2.47. The Bertz CT molecular complexity index is 1470. The van der Waals surface area contributed by atoms with Crippen molar-refractivity contribution < 1.29 is 22.4 Å². The summed E-state index contributed by atoms with van der Waals surface area (Å²) in [6.45, 7) is 9.83. The van der Waals surface area contributed by atoms with E-state index in [2.05, 4.69) is 46.1 Å². The molecule has 210 valence electrons. The molecule has 0 bridgehead atoms. The van der Waals surface area contributed by atoms with E-state index >= 15 is 0 Å². The number of alkyl halides is 3. The zero-order valence-corrected chi connectivity index (χ0v) is 22.9. The van der Waals surface area contributed by atoms with E-state index < -0.39 is 11.7 Å². The molecule has 1 aliphatic heterocycles. The third-order valence-corrected chi connectivity index (χ3v) is 7.37. The van der Waals surface area contributed by atoms with Crippen LogP contribution >= 0.6 is 0 Å². The third kappa shape index (κ3) is 6.31. The molecule has 3 aromatic carbocycles. The number of rotatable bonds is 7. The molecule has 0 aliphatic carbocycles. The van der Waals surface area contributed by atoms with Gasteiger partial charge in [0.15, 0.2) is 5.58 Å². The lowest BCUT2D eigenvalue weighted by molar-refractivity contribution is -0.137. The molecule has 1 aliphatic rings. The summed E-state index contributed by atoms with van der Waals surface area (Å²) in [6.07, 6.45) is -3.98. The molecule has 1 amide bonds. The molecule has 40 heavy (non-hydrogen) atoms. The van der Waals surface area contributed by atoms with E-state index in [9.17, 15) is 18.0 Å². The molecule has 1 N–H and O–H groups in total. The van der Waals surface area contributed by atoms with Crippen molar-refractivity contribution in [2.24, 2.45) is 0 Å². The SMILES string of the molecule is Cc1cc(C(C)C)cc2nc(-c3ccc(NC(=O)CCN4CCN(c5ccc(C(F)(F)F)cc5)CC4)cc3)oc12. The van der Waals surface area contributed by atoms with E-state index in [1.165, 1.54) is 17.7 Å². The summed E-state index contributed by atoms with van der Waals surface area (Å²) in [6, 6.07) is 17.0. The van der Waals surface area contributed by atoms with Crippen LogP contribution < -0.4 is 10.2 Å². The van der Waals surface area contributed by atoms with Crippen molar-refractivity contribution in [1.29, 1.82) is 0 Å². The van der Waals surface area contributed by atoms with Crippen LogP contribution in [0.4, 0.5) is 24.5 Å². The molecule has 0 unspecified atom stereocenters. The highest BCUT2D eigenvalue weighted by Gasteiger charge is 2.30. The summed E-state index contributed by atoms with van der Waals surface area (Å²) in [5.74, 6) is 0.882. The van der Waals surface area contributed by atoms with Gasteiger partial charge in [-0.15, -0.1) is 0 Å². The molecule has 4 aromatic rings. The third-order valence-electron chi connectivity index (χ3n) is 7.37. The Labute approximate surface area is 231 Å². The maximum Gasteiger partial charge on any atom is 0.416 e. The van der Waals surface area contributed by atoms with Gasteiger partial charge in [-0.1, -0.05) is 19.9 Å². The van der Waals surface area contributed by atoms with Crippen LogP contribution in [0.1, 0.15) is 42.9 Å². The van der Waals surface area contributed by atoms with Gasteiger partial charge in [-0.25, -0.2) is 4.98 Å². The summed E-state index contributed by atoms with van der Waals surface area (Å²) >= 11 is 0. The Morgan fingerprint density at radius 1 is 1.00 bits per heavy atom. The van der Waals surface area contributed by atoms with Gasteiger partial charge in [-0.2, -0.15) is 13.2 Å². The first kappa shape index (κ1) is 27.7. The molecule has 0 saturated carbocycles. The highest BCUT2D eigenvalue weighted by Crippen LogP contribution is 2.31. The summed E-state index contributed by atoms with van der Waals surface area (Å²) in [5, 5.41) is 2.95. The molecular weight excluding hydrogens is 517 g/mol. The average molecular weight is 551 g/mol. The second-order valence-corrected chi connectivity index (χ2v) is 10.6. The fourth-order valence-corrected chi connectivity index (χ4v) is 4.95. The molecule has 9 heteroatoms. The molecule has 1 saturated heterocycles. The summed E-state index contributed by atoms with van der Waals surface area (Å²) < 4.78 is 44.5. The average Bonchev–Trinajstić information content (AvgIpc) is 3.37. The van der Waals surface area contributed by atoms with Crippen molar-refractivity contribution in [3.05, 3.63) is 77.4 Å². The molecule has 0 radical (unpaired) electrons. The molecular formula is C31H33F3N4O2. The minimum Gasteiger partial charge on any atom is -0.436 e. The zero-order chi connectivity index (χ0) is 28.4. The van der Waals surface area contributed by atoms with Crippen LogP contribution in [0.2, 0.25) is 0 Å². The summed E-state index contributed by atoms with van der Waals surface area (Å²) in [5.41, 5.74) is 5.60. The second kappa shape index (κ2) is 11.3. The van der Waals surface area contributed by atoms with E-state index in [4.69, 9.17) is 4.42 Å². The number of fused-ring (bicyclic) bond motifs is 1. The van der Waals surface area contributed by atoms with E-state index in [-0.39, 0.29) is 5.91 Å². The number of oxazole rings is 1. The highest BCUT2D eigenvalue weighted by atomic mass is 19.4. The van der Waals surface area contributed by atoms with Crippen molar-refractivity contribution in [1.82, 2.24) is 9.88 Å². The largest absolute Gasteiger partial charge is 0.436 e. The van der Waals surface area contributed by atoms with Crippen LogP contribution in [0, 0.1) is 6.92 Å². The van der Waals surface area contributed by atoms with Gasteiger partial charge in [0.05, 0.1) is 5.56 Å².